The number of aliphatic hydroxyl groups is 4. The lowest BCUT2D eigenvalue weighted by atomic mass is 9.97. The molecule has 734 valence electrons. The van der Waals surface area contributed by atoms with Crippen LogP contribution in [0.3, 0.4) is 0 Å². The van der Waals surface area contributed by atoms with E-state index in [1.807, 2.05) is 4.98 Å². The van der Waals surface area contributed by atoms with Gasteiger partial charge in [-0.25, -0.2) is 102 Å². The Morgan fingerprint density at radius 3 is 1.09 bits per heavy atom. The number of hydrogen-bond donors (Lipinski definition) is 28. The molecule has 5 aromatic rings. The van der Waals surface area contributed by atoms with Crippen LogP contribution in [-0.4, -0.2) is 283 Å². The SMILES string of the molecule is C=C1N=C(N)C=CN1[C@@H]1O[C@](CN)(COP(=O)(O)OP(=O)(O)OP(=O)(O)O)[C@@H](O)[C@H]1F.Cc1nc2c(ncn2[C@@H]2O[C@](CN)(COP(=O)(O)OP(=O)(O)OP(=O)(O)O)[C@@H](O)[C@H]2F)c(=O)[nH]1.NC[C@]1(COP(=O)(O)OP(=O)(O)OP(=O)(O)O)O[C@@H](n2ccc(=O)[nH]c2=O)[C@H](F)[C@@H]1O.NC[C@]1(COP(=O)(O)OP(=O)(O)OP(=O)(O)O)O[C@@H](n2cnc3c(N)ccnc32)[C@H](F)[C@@H]1O. The normalized spacial score (nSPS) is 30.6. The van der Waals surface area contributed by atoms with Crippen molar-refractivity contribution in [3.63, 3.8) is 0 Å². The number of hydrogen-bond acceptors (Lipinski definition) is 47. The molecule has 84 heteroatoms. The molecule has 10 heterocycles. The molecule has 68 nitrogen and oxygen atoms in total. The maximum absolute atomic E-state index is 15.0. The van der Waals surface area contributed by atoms with E-state index in [9.17, 15) is 132 Å². The van der Waals surface area contributed by atoms with Crippen LogP contribution in [0, 0.1) is 6.92 Å². The number of aromatic nitrogens is 9. The number of phosphoric acid groups is 12. The van der Waals surface area contributed by atoms with E-state index in [-0.39, 0.29) is 45.5 Å². The number of halogens is 4. The Labute approximate surface area is 710 Å². The van der Waals surface area contributed by atoms with Crippen molar-refractivity contribution >= 4 is 128 Å². The number of phosphoric ester groups is 4. The molecule has 0 amide bonds. The van der Waals surface area contributed by atoms with Crippen molar-refractivity contribution in [2.24, 2.45) is 33.7 Å². The van der Waals surface area contributed by atoms with E-state index < -0.39 is 260 Å². The second kappa shape index (κ2) is 41.2. The van der Waals surface area contributed by atoms with Crippen molar-refractivity contribution in [1.82, 2.24) is 48.5 Å². The first-order valence-electron chi connectivity index (χ1n) is 33.4. The van der Waals surface area contributed by atoms with Gasteiger partial charge in [0.05, 0.1) is 44.8 Å². The van der Waals surface area contributed by atoms with Crippen molar-refractivity contribution in [3.05, 3.63) is 98.9 Å². The lowest BCUT2D eigenvalue weighted by molar-refractivity contribution is -0.126. The summed E-state index contributed by atoms with van der Waals surface area (Å²) in [7, 11) is -68.0. The van der Waals surface area contributed by atoms with Gasteiger partial charge in [0.2, 0.25) is 0 Å². The molecule has 0 spiro atoms. The number of nitrogens with zero attached hydrogens (tertiary/aromatic N) is 9. The van der Waals surface area contributed by atoms with Crippen LogP contribution in [0.5, 0.6) is 0 Å². The smallest absolute Gasteiger partial charge is 0.397 e. The lowest BCUT2D eigenvalue weighted by Crippen LogP contribution is -2.51. The summed E-state index contributed by atoms with van der Waals surface area (Å²) in [6.45, 7) is -2.62. The number of imidazole rings is 2. The first kappa shape index (κ1) is 111. The summed E-state index contributed by atoms with van der Waals surface area (Å²) in [5.74, 6) is 0.166. The Kier molecular flexibility index (Phi) is 35.5. The van der Waals surface area contributed by atoms with Crippen LogP contribution < -0.4 is 51.2 Å². The zero-order chi connectivity index (χ0) is 98.2. The standard InChI is InChI=1S/C12H19FN5O13P3.C12H19FN5O12P3.C11H20FN4O12P3.C10H17FN3O14P3/c1-5-16-9-7(10(20)17-5)15-4-18(9)11-6(13)8(19)12(2-14,29-11)3-28-33(24,25)31-34(26,27)30-32(21,22)23;13-7-9(19)12(3-14,4-27-32(23,24)30-33(25,26)29-31(20,21)22)28-11(7)18-5-17-8-6(15)1-2-16-10(8)18;1-6-15-7(14)2-3-16(6)10-8(12)9(17)11(4-13,26-10)5-25-30(21,22)28-31(23,24)27-29(18,19)20;11-6-7(16)10(3-12,26-8(6)14-2-1-5(15)13-9(14)17)4-25-30(21,22)28-31(23,24)27-29(18,19)20/h4,6,8,11,19H,2-3,14H2,1H3,(H,24,25)(H,26,27)(H,16,17,20)(H2,21,22,23);1-2,5,7,9,11,19H,3-4,14H2,(H2,15,16)(H,23,24)(H,25,26)(H2,20,21,22);2-3,8-10,17H,1,4-5,13H2,(H2,14,15)(H,21,22)(H,23,24)(H2,18,19,20);1-2,6-8,16H,3-4,12H2,(H,21,22)(H,23,24)(H,13,15,17)(H2,18,19,20)/t6-,8+,11-,12-;7-,9+,11-,12-;8-,9+,10-,11-;6-,7+,8-,10-/m1111/s1. The largest absolute Gasteiger partial charge is 0.490 e. The molecule has 4 fully saturated rings. The first-order valence-corrected chi connectivity index (χ1v) is 51.4. The molecule has 5 aromatic heterocycles. The molecule has 0 radical (unpaired) electrons. The average Bonchev–Trinajstić information content (AvgIpc) is 1.58. The van der Waals surface area contributed by atoms with Crippen molar-refractivity contribution < 1.29 is 243 Å². The van der Waals surface area contributed by atoms with Crippen molar-refractivity contribution in [2.75, 3.05) is 58.3 Å². The number of nitrogens with one attached hydrogen (secondary N) is 2. The number of anilines is 1. The molecule has 0 aliphatic carbocycles. The van der Waals surface area contributed by atoms with Gasteiger partial charge in [0.1, 0.15) is 69.8 Å². The second-order valence-corrected chi connectivity index (χ2v) is 43.7. The van der Waals surface area contributed by atoms with Gasteiger partial charge in [0, 0.05) is 50.8 Å². The fraction of sp³-hybridized carbons (Fsp3) is 0.556. The Balaban J connectivity index is 0.000000236. The summed E-state index contributed by atoms with van der Waals surface area (Å²) in [4.78, 5) is 203. The van der Waals surface area contributed by atoms with Gasteiger partial charge in [-0.15, -0.1) is 0 Å². The molecule has 4 saturated heterocycles. The number of ether oxygens (including phenoxy) is 4. The van der Waals surface area contributed by atoms with Crippen LogP contribution >= 0.6 is 93.9 Å². The highest BCUT2D eigenvalue weighted by atomic mass is 31.3. The Morgan fingerprint density at radius 1 is 0.450 bits per heavy atom. The fourth-order valence-corrected chi connectivity index (χ4v) is 23.5. The highest BCUT2D eigenvalue weighted by molar-refractivity contribution is 7.68. The number of fused-ring (bicyclic) bond motifs is 2. The lowest BCUT2D eigenvalue weighted by Gasteiger charge is -2.33. The Hall–Kier alpha value is -4.92. The summed E-state index contributed by atoms with van der Waals surface area (Å²) < 4.78 is 266. The molecule has 34 N–H and O–H groups in total. The number of pyridine rings is 1. The number of H-pyrrole nitrogens is 2. The third kappa shape index (κ3) is 29.1. The quantitative estimate of drug-likeness (QED) is 0.0131. The Bertz CT molecular complexity index is 5820. The molecule has 0 aromatic carbocycles. The summed E-state index contributed by atoms with van der Waals surface area (Å²) in [6, 6.07) is 2.29. The molecule has 24 atom stereocenters. The van der Waals surface area contributed by atoms with E-state index in [4.69, 9.17) is 102 Å². The maximum Gasteiger partial charge on any atom is 0.490 e. The van der Waals surface area contributed by atoms with E-state index in [0.29, 0.717) is 4.57 Å². The van der Waals surface area contributed by atoms with Crippen LogP contribution in [0.15, 0.2) is 81.2 Å². The highest BCUT2D eigenvalue weighted by Gasteiger charge is 2.62. The summed E-state index contributed by atoms with van der Waals surface area (Å²) in [6.07, 6.45) is -17.2. The third-order valence-corrected chi connectivity index (χ3v) is 31.9. The van der Waals surface area contributed by atoms with Crippen molar-refractivity contribution in [3.8, 4) is 0 Å². The monoisotopic (exact) mass is 2120 g/mol. The predicted octanol–water partition coefficient (Wildman–Crippen LogP) is -5.48. The van der Waals surface area contributed by atoms with Gasteiger partial charge in [-0.05, 0) is 19.1 Å². The number of amidine groups is 1. The van der Waals surface area contributed by atoms with Crippen LogP contribution in [-0.2, 0) is 126 Å². The van der Waals surface area contributed by atoms with E-state index in [0.717, 1.165) is 39.0 Å². The molecule has 10 rings (SSSR count). The van der Waals surface area contributed by atoms with Gasteiger partial charge in [-0.2, -0.15) is 34.5 Å². The Morgan fingerprint density at radius 2 is 0.767 bits per heavy atom. The number of nitrogen functional groups attached to an aromatic ring is 1. The number of aryl methyl sites for hydroxylation is 1. The molecule has 0 bridgehead atoms. The third-order valence-electron chi connectivity index (χ3n) is 16.8. The predicted molar refractivity (Wildman–Crippen MR) is 403 cm³/mol. The fourth-order valence-electron chi connectivity index (χ4n) is 11.2. The van der Waals surface area contributed by atoms with Gasteiger partial charge in [0.15, 0.2) is 66.4 Å². The molecule has 0 saturated carbocycles. The number of nitrogens with two attached hydrogens (primary N) is 6. The molecular weight excluding hydrogens is 2040 g/mol. The van der Waals surface area contributed by atoms with Crippen LogP contribution in [0.1, 0.15) is 24.5 Å². The maximum atomic E-state index is 15.0. The molecule has 8 unspecified atom stereocenters. The topological polar surface area (TPSA) is 1080 Å². The van der Waals surface area contributed by atoms with E-state index in [2.05, 4.69) is 89.1 Å². The van der Waals surface area contributed by atoms with E-state index in [1.165, 1.54) is 31.5 Å². The summed E-state index contributed by atoms with van der Waals surface area (Å²) >= 11 is 0. The number of alkyl halides is 4. The average molecular weight is 2120 g/mol. The van der Waals surface area contributed by atoms with Crippen molar-refractivity contribution in [2.45, 2.75) is 103 Å². The zero-order valence-corrected chi connectivity index (χ0v) is 74.1. The number of aliphatic imine (C=N–C) groups is 1. The van der Waals surface area contributed by atoms with Gasteiger partial charge in [0.25, 0.3) is 11.1 Å². The highest BCUT2D eigenvalue weighted by Crippen LogP contribution is 2.70. The number of aromatic amines is 2. The minimum atomic E-state index is -5.82. The van der Waals surface area contributed by atoms with Gasteiger partial charge >= 0.3 is 99.6 Å². The summed E-state index contributed by atoms with van der Waals surface area (Å²) in [5.41, 5.74) is 22.2. The number of aliphatic hydroxyl groups excluding tert-OH is 4. The van der Waals surface area contributed by atoms with Crippen LogP contribution in [0.4, 0.5) is 23.2 Å². The van der Waals surface area contributed by atoms with E-state index in [1.54, 1.807) is 0 Å². The summed E-state index contributed by atoms with van der Waals surface area (Å²) in [5, 5.41) is 41.3. The van der Waals surface area contributed by atoms with Crippen LogP contribution in [0.2, 0.25) is 0 Å². The van der Waals surface area contributed by atoms with E-state index >= 15 is 4.39 Å². The minimum Gasteiger partial charge on any atom is -0.397 e. The molecule has 5 aliphatic rings. The zero-order valence-electron chi connectivity index (χ0n) is 63.4. The first-order chi connectivity index (χ1) is 58.6. The molecule has 129 heavy (non-hydrogen) atoms. The molecule has 5 aliphatic heterocycles. The van der Waals surface area contributed by atoms with Gasteiger partial charge in [-0.1, -0.05) is 6.58 Å². The van der Waals surface area contributed by atoms with Gasteiger partial charge < -0.3 is 162 Å². The minimum absolute atomic E-state index is 0.0550. The molecular formula is C45H75F4N17O51P12. The van der Waals surface area contributed by atoms with Gasteiger partial charge in [-0.3, -0.25) is 46.4 Å². The number of rotatable bonds is 36. The van der Waals surface area contributed by atoms with Crippen molar-refractivity contribution in [1.29, 1.82) is 0 Å². The van der Waals surface area contributed by atoms with Crippen LogP contribution in [0.25, 0.3) is 22.3 Å². The second-order valence-electron chi connectivity index (χ2n) is 26.0.